The highest BCUT2D eigenvalue weighted by atomic mass is 15.3. The van der Waals surface area contributed by atoms with Crippen LogP contribution in [0.5, 0.6) is 0 Å². The maximum atomic E-state index is 5.05. The van der Waals surface area contributed by atoms with Crippen LogP contribution in [0.4, 0.5) is 0 Å². The Balaban J connectivity index is 1.81. The van der Waals surface area contributed by atoms with Gasteiger partial charge in [-0.1, -0.05) is 66.7 Å². The average Bonchev–Trinajstić information content (AvgIpc) is 3.01. The van der Waals surface area contributed by atoms with Crippen molar-refractivity contribution < 1.29 is 0 Å². The van der Waals surface area contributed by atoms with Gasteiger partial charge in [-0.3, -0.25) is 9.98 Å². The van der Waals surface area contributed by atoms with E-state index in [1.54, 1.807) is 0 Å². The lowest BCUT2D eigenvalue weighted by atomic mass is 9.94. The Labute approximate surface area is 142 Å². The fourth-order valence-electron chi connectivity index (χ4n) is 3.34. The summed E-state index contributed by atoms with van der Waals surface area (Å²) in [7, 11) is 2.11. The largest absolute Gasteiger partial charge is 0.349 e. The third-order valence-electron chi connectivity index (χ3n) is 4.49. The second-order valence-corrected chi connectivity index (χ2v) is 5.99. The van der Waals surface area contributed by atoms with Gasteiger partial charge in [0.05, 0.1) is 6.04 Å². The first-order valence-electron chi connectivity index (χ1n) is 8.16. The summed E-state index contributed by atoms with van der Waals surface area (Å²) in [6.45, 7) is 0. The highest BCUT2D eigenvalue weighted by Crippen LogP contribution is 2.41. The number of nitrogens with zero attached hydrogens (tertiary/aromatic N) is 3. The van der Waals surface area contributed by atoms with E-state index in [1.165, 1.54) is 11.1 Å². The predicted octanol–water partition coefficient (Wildman–Crippen LogP) is 4.26. The molecule has 0 radical (unpaired) electrons. The molecule has 0 N–H and O–H groups in total. The van der Waals surface area contributed by atoms with Crippen molar-refractivity contribution in [2.75, 3.05) is 7.05 Å². The molecule has 1 aromatic heterocycles. The Morgan fingerprint density at radius 1 is 0.750 bits per heavy atom. The Morgan fingerprint density at radius 2 is 1.38 bits per heavy atom. The van der Waals surface area contributed by atoms with Crippen LogP contribution in [0.1, 0.15) is 28.9 Å². The van der Waals surface area contributed by atoms with Gasteiger partial charge in [-0.2, -0.15) is 0 Å². The van der Waals surface area contributed by atoms with E-state index in [0.717, 1.165) is 11.5 Å². The molecule has 0 saturated carbocycles. The van der Waals surface area contributed by atoms with E-state index in [0.29, 0.717) is 0 Å². The second-order valence-electron chi connectivity index (χ2n) is 5.99. The van der Waals surface area contributed by atoms with Gasteiger partial charge < -0.3 is 4.90 Å². The molecule has 2 heterocycles. The minimum absolute atomic E-state index is 0.0654. The highest BCUT2D eigenvalue weighted by Gasteiger charge is 2.36. The number of rotatable bonds is 3. The van der Waals surface area contributed by atoms with Gasteiger partial charge in [-0.25, -0.2) is 0 Å². The molecule has 3 aromatic rings. The Bertz CT molecular complexity index is 829. The molecule has 1 aliphatic heterocycles. The molecule has 0 saturated heterocycles. The van der Waals surface area contributed by atoms with Crippen molar-refractivity contribution in [3.05, 3.63) is 102 Å². The molecule has 118 valence electrons. The smallest absolute Gasteiger partial charge is 0.150 e. The molecule has 2 atom stereocenters. The fourth-order valence-corrected chi connectivity index (χ4v) is 3.34. The van der Waals surface area contributed by atoms with E-state index in [1.807, 2.05) is 30.5 Å². The summed E-state index contributed by atoms with van der Waals surface area (Å²) in [5.74, 6) is 0.943. The van der Waals surface area contributed by atoms with Crippen molar-refractivity contribution in [3.8, 4) is 0 Å². The van der Waals surface area contributed by atoms with E-state index < -0.39 is 0 Å². The van der Waals surface area contributed by atoms with Gasteiger partial charge in [0.1, 0.15) is 11.7 Å². The quantitative estimate of drug-likeness (QED) is 0.723. The first kappa shape index (κ1) is 14.6. The van der Waals surface area contributed by atoms with E-state index >= 15 is 0 Å². The van der Waals surface area contributed by atoms with Gasteiger partial charge in [0.2, 0.25) is 0 Å². The Morgan fingerprint density at radius 3 is 2.00 bits per heavy atom. The maximum Gasteiger partial charge on any atom is 0.150 e. The molecule has 0 bridgehead atoms. The highest BCUT2D eigenvalue weighted by molar-refractivity contribution is 5.98. The summed E-state index contributed by atoms with van der Waals surface area (Å²) in [6.07, 6.45) is 1.82. The van der Waals surface area contributed by atoms with Gasteiger partial charge in [0.15, 0.2) is 5.84 Å². The summed E-state index contributed by atoms with van der Waals surface area (Å²) in [4.78, 5) is 11.8. The molecule has 2 aromatic carbocycles. The second kappa shape index (κ2) is 6.28. The van der Waals surface area contributed by atoms with Crippen molar-refractivity contribution in [1.29, 1.82) is 0 Å². The van der Waals surface area contributed by atoms with Crippen LogP contribution in [0.25, 0.3) is 0 Å². The van der Waals surface area contributed by atoms with Crippen molar-refractivity contribution in [2.45, 2.75) is 12.1 Å². The molecule has 0 amide bonds. The summed E-state index contributed by atoms with van der Waals surface area (Å²) in [6, 6.07) is 27.3. The van der Waals surface area contributed by atoms with E-state index in [9.17, 15) is 0 Å². The summed E-state index contributed by atoms with van der Waals surface area (Å²) < 4.78 is 0. The topological polar surface area (TPSA) is 28.5 Å². The third kappa shape index (κ3) is 2.58. The van der Waals surface area contributed by atoms with Gasteiger partial charge in [0.25, 0.3) is 0 Å². The minimum atomic E-state index is 0.0654. The molecule has 0 unspecified atom stereocenters. The summed E-state index contributed by atoms with van der Waals surface area (Å²) in [5, 5.41) is 0. The Kier molecular flexibility index (Phi) is 3.83. The van der Waals surface area contributed by atoms with Crippen LogP contribution in [0.2, 0.25) is 0 Å². The number of amidine groups is 1. The predicted molar refractivity (Wildman–Crippen MR) is 96.9 cm³/mol. The molecule has 3 heteroatoms. The third-order valence-corrected chi connectivity index (χ3v) is 4.49. The normalized spacial score (nSPS) is 20.0. The fraction of sp³-hybridized carbons (Fsp3) is 0.143. The van der Waals surface area contributed by atoms with E-state index in [2.05, 4.69) is 71.5 Å². The number of hydrogen-bond acceptors (Lipinski definition) is 3. The molecule has 3 nitrogen and oxygen atoms in total. The van der Waals surface area contributed by atoms with Crippen molar-refractivity contribution in [2.24, 2.45) is 4.99 Å². The summed E-state index contributed by atoms with van der Waals surface area (Å²) >= 11 is 0. The standard InChI is InChI=1S/C21H19N3/c1-24-20(17-12-6-3-7-13-17)19(16-10-4-2-5-11-16)23-21(24)18-14-8-9-15-22-18/h2-15,19-20H,1H3/t19-,20-/m1/s1. The van der Waals surface area contributed by atoms with Crippen LogP contribution in [0, 0.1) is 0 Å². The molecule has 24 heavy (non-hydrogen) atoms. The zero-order valence-corrected chi connectivity index (χ0v) is 13.6. The number of pyridine rings is 1. The molecular weight excluding hydrogens is 294 g/mol. The van der Waals surface area contributed by atoms with Gasteiger partial charge in [-0.15, -0.1) is 0 Å². The molecule has 0 aliphatic carbocycles. The van der Waals surface area contributed by atoms with Gasteiger partial charge in [-0.05, 0) is 23.3 Å². The van der Waals surface area contributed by atoms with Crippen LogP contribution < -0.4 is 0 Å². The number of hydrogen-bond donors (Lipinski definition) is 0. The lowest BCUT2D eigenvalue weighted by Crippen LogP contribution is -2.28. The Hall–Kier alpha value is -2.94. The summed E-state index contributed by atoms with van der Waals surface area (Å²) in [5.41, 5.74) is 3.41. The number of aliphatic imine (C=N–C) groups is 1. The van der Waals surface area contributed by atoms with Crippen molar-refractivity contribution in [3.63, 3.8) is 0 Å². The van der Waals surface area contributed by atoms with Crippen LogP contribution in [-0.2, 0) is 0 Å². The molecule has 1 aliphatic rings. The monoisotopic (exact) mass is 313 g/mol. The molecule has 0 spiro atoms. The van der Waals surface area contributed by atoms with E-state index in [-0.39, 0.29) is 12.1 Å². The zero-order valence-electron chi connectivity index (χ0n) is 13.6. The lowest BCUT2D eigenvalue weighted by Gasteiger charge is -2.27. The average molecular weight is 313 g/mol. The zero-order chi connectivity index (χ0) is 16.4. The maximum absolute atomic E-state index is 5.05. The lowest BCUT2D eigenvalue weighted by molar-refractivity contribution is 0.364. The van der Waals surface area contributed by atoms with Crippen LogP contribution in [0.15, 0.2) is 90.1 Å². The molecular formula is C21H19N3. The van der Waals surface area contributed by atoms with E-state index in [4.69, 9.17) is 4.99 Å². The first-order chi connectivity index (χ1) is 11.8. The molecule has 4 rings (SSSR count). The number of benzene rings is 2. The first-order valence-corrected chi connectivity index (χ1v) is 8.16. The van der Waals surface area contributed by atoms with Crippen LogP contribution >= 0.6 is 0 Å². The van der Waals surface area contributed by atoms with Gasteiger partial charge in [0, 0.05) is 13.2 Å². The van der Waals surface area contributed by atoms with Crippen LogP contribution in [0.3, 0.4) is 0 Å². The van der Waals surface area contributed by atoms with Crippen molar-refractivity contribution >= 4 is 5.84 Å². The number of aromatic nitrogens is 1. The number of likely N-dealkylation sites (N-methyl/N-ethyl adjacent to an activating group) is 1. The van der Waals surface area contributed by atoms with Gasteiger partial charge >= 0.3 is 0 Å². The SMILES string of the molecule is CN1C(c2ccccn2)=N[C@H](c2ccccc2)[C@H]1c1ccccc1. The van der Waals surface area contributed by atoms with Crippen molar-refractivity contribution in [1.82, 2.24) is 9.88 Å². The minimum Gasteiger partial charge on any atom is -0.349 e. The molecule has 0 fully saturated rings. The van der Waals surface area contributed by atoms with Crippen LogP contribution in [-0.4, -0.2) is 22.8 Å².